The maximum atomic E-state index is 11.7. The Bertz CT molecular complexity index is 808. The second-order valence-electron chi connectivity index (χ2n) is 10.0. The Labute approximate surface area is 168 Å². The Morgan fingerprint density at radius 3 is 2.29 bits per heavy atom. The fourth-order valence-corrected chi connectivity index (χ4v) is 6.41. The van der Waals surface area contributed by atoms with Gasteiger partial charge in [0.05, 0.1) is 22.8 Å². The van der Waals surface area contributed by atoms with Gasteiger partial charge in [0.15, 0.2) is 9.84 Å². The molecule has 3 aliphatic heterocycles. The first-order chi connectivity index (χ1) is 13.0. The SMILES string of the molecule is CC(C)(C)c1cc(N2CC3CN(CC4(O)CCS(=O)(=O)CC4)CC3C2)ncn1. The minimum atomic E-state index is -2.95. The van der Waals surface area contributed by atoms with Gasteiger partial charge in [0.25, 0.3) is 0 Å². The minimum Gasteiger partial charge on any atom is -0.388 e. The van der Waals surface area contributed by atoms with Crippen LogP contribution < -0.4 is 4.90 Å². The van der Waals surface area contributed by atoms with Crippen LogP contribution in [0.3, 0.4) is 0 Å². The van der Waals surface area contributed by atoms with Crippen LogP contribution in [0.4, 0.5) is 5.82 Å². The van der Waals surface area contributed by atoms with Gasteiger partial charge in [-0.3, -0.25) is 4.90 Å². The summed E-state index contributed by atoms with van der Waals surface area (Å²) in [5.74, 6) is 2.38. The number of nitrogens with zero attached hydrogens (tertiary/aromatic N) is 4. The van der Waals surface area contributed by atoms with Crippen molar-refractivity contribution in [2.45, 2.75) is 44.6 Å². The summed E-state index contributed by atoms with van der Waals surface area (Å²) in [4.78, 5) is 13.6. The molecule has 2 atom stereocenters. The second-order valence-corrected chi connectivity index (χ2v) is 12.3. The number of aliphatic hydroxyl groups is 1. The van der Waals surface area contributed by atoms with Crippen LogP contribution in [0.25, 0.3) is 0 Å². The molecule has 4 heterocycles. The highest BCUT2D eigenvalue weighted by molar-refractivity contribution is 7.91. The molecule has 2 unspecified atom stereocenters. The van der Waals surface area contributed by atoms with Crippen molar-refractivity contribution >= 4 is 15.7 Å². The smallest absolute Gasteiger partial charge is 0.150 e. The molecule has 0 amide bonds. The predicted octanol–water partition coefficient (Wildman–Crippen LogP) is 1.08. The van der Waals surface area contributed by atoms with Gasteiger partial charge in [-0.25, -0.2) is 18.4 Å². The summed E-state index contributed by atoms with van der Waals surface area (Å²) in [5.41, 5.74) is 0.218. The molecule has 3 aliphatic rings. The van der Waals surface area contributed by atoms with Crippen LogP contribution in [-0.2, 0) is 15.3 Å². The lowest BCUT2D eigenvalue weighted by Crippen LogP contribution is -2.48. The zero-order valence-electron chi connectivity index (χ0n) is 17.1. The van der Waals surface area contributed by atoms with Crippen LogP contribution in [0.2, 0.25) is 0 Å². The molecule has 3 saturated heterocycles. The Balaban J connectivity index is 1.35. The summed E-state index contributed by atoms with van der Waals surface area (Å²) in [6.07, 6.45) is 2.40. The molecule has 1 N–H and O–H groups in total. The number of anilines is 1. The molecule has 1 aromatic heterocycles. The Morgan fingerprint density at radius 1 is 1.11 bits per heavy atom. The predicted molar refractivity (Wildman–Crippen MR) is 109 cm³/mol. The van der Waals surface area contributed by atoms with Crippen LogP contribution in [0.15, 0.2) is 12.4 Å². The summed E-state index contributed by atoms with van der Waals surface area (Å²) in [6, 6.07) is 2.12. The molecule has 1 aromatic rings. The summed E-state index contributed by atoms with van der Waals surface area (Å²) in [5, 5.41) is 10.8. The van der Waals surface area contributed by atoms with Crippen LogP contribution >= 0.6 is 0 Å². The first-order valence-corrected chi connectivity index (χ1v) is 12.1. The van der Waals surface area contributed by atoms with E-state index in [1.807, 2.05) is 0 Å². The van der Waals surface area contributed by atoms with Crippen LogP contribution in [0.5, 0.6) is 0 Å². The number of aromatic nitrogens is 2. The van der Waals surface area contributed by atoms with E-state index in [-0.39, 0.29) is 16.9 Å². The molecular formula is C20H32N4O3S. The molecule has 4 rings (SSSR count). The quantitative estimate of drug-likeness (QED) is 0.801. The van der Waals surface area contributed by atoms with E-state index in [1.54, 1.807) is 6.33 Å². The minimum absolute atomic E-state index is 0.00695. The van der Waals surface area contributed by atoms with E-state index in [4.69, 9.17) is 0 Å². The van der Waals surface area contributed by atoms with Crippen LogP contribution in [-0.4, -0.2) is 78.2 Å². The topological polar surface area (TPSA) is 86.6 Å². The molecule has 7 nitrogen and oxygen atoms in total. The highest BCUT2D eigenvalue weighted by atomic mass is 32.2. The van der Waals surface area contributed by atoms with Crippen molar-refractivity contribution in [3.8, 4) is 0 Å². The number of likely N-dealkylation sites (tertiary alicyclic amines) is 1. The normalized spacial score (nSPS) is 29.8. The highest BCUT2D eigenvalue weighted by Gasteiger charge is 2.44. The maximum absolute atomic E-state index is 11.7. The van der Waals surface area contributed by atoms with Crippen molar-refractivity contribution < 1.29 is 13.5 Å². The molecule has 0 bridgehead atoms. The fourth-order valence-electron chi connectivity index (χ4n) is 4.83. The van der Waals surface area contributed by atoms with Gasteiger partial charge in [0, 0.05) is 44.2 Å². The highest BCUT2D eigenvalue weighted by Crippen LogP contribution is 2.36. The summed E-state index contributed by atoms with van der Waals surface area (Å²) >= 11 is 0. The standard InChI is InChI=1S/C20H32N4O3S/c1-19(2,3)17-8-18(22-14-21-17)24-11-15-9-23(10-16(15)12-24)13-20(25)4-6-28(26,27)7-5-20/h8,14-16,25H,4-7,9-13H2,1-3H3. The van der Waals surface area contributed by atoms with Gasteiger partial charge in [-0.15, -0.1) is 0 Å². The van der Waals surface area contributed by atoms with E-state index >= 15 is 0 Å². The molecule has 0 aliphatic carbocycles. The molecule has 28 heavy (non-hydrogen) atoms. The number of sulfone groups is 1. The van der Waals surface area contributed by atoms with E-state index in [1.165, 1.54) is 0 Å². The van der Waals surface area contributed by atoms with Gasteiger partial charge >= 0.3 is 0 Å². The Hall–Kier alpha value is -1.25. The Morgan fingerprint density at radius 2 is 1.71 bits per heavy atom. The van der Waals surface area contributed by atoms with Gasteiger partial charge in [0.2, 0.25) is 0 Å². The van der Waals surface area contributed by atoms with Crippen molar-refractivity contribution in [3.05, 3.63) is 18.1 Å². The van der Waals surface area contributed by atoms with Crippen molar-refractivity contribution in [1.29, 1.82) is 0 Å². The molecular weight excluding hydrogens is 376 g/mol. The van der Waals surface area contributed by atoms with Crippen LogP contribution in [0, 0.1) is 11.8 Å². The number of β-amino-alcohol motifs (C(OH)–C–C–N with tert-alkyl or cyclic N) is 1. The lowest BCUT2D eigenvalue weighted by molar-refractivity contribution is -0.000659. The average Bonchev–Trinajstić information content (AvgIpc) is 3.16. The largest absolute Gasteiger partial charge is 0.388 e. The summed E-state index contributed by atoms with van der Waals surface area (Å²) in [6.45, 7) is 11.0. The third kappa shape index (κ3) is 4.19. The molecule has 3 fully saturated rings. The number of hydrogen-bond donors (Lipinski definition) is 1. The van der Waals surface area contributed by atoms with E-state index in [2.05, 4.69) is 46.6 Å². The Kier molecular flexibility index (Phi) is 4.95. The number of fused-ring (bicyclic) bond motifs is 1. The molecule has 156 valence electrons. The monoisotopic (exact) mass is 408 g/mol. The summed E-state index contributed by atoms with van der Waals surface area (Å²) in [7, 11) is -2.95. The van der Waals surface area contributed by atoms with Crippen molar-refractivity contribution in [2.75, 3.05) is 49.1 Å². The fraction of sp³-hybridized carbons (Fsp3) is 0.800. The van der Waals surface area contributed by atoms with E-state index < -0.39 is 15.4 Å². The van der Waals surface area contributed by atoms with Crippen molar-refractivity contribution in [1.82, 2.24) is 14.9 Å². The van der Waals surface area contributed by atoms with Gasteiger partial charge < -0.3 is 10.0 Å². The van der Waals surface area contributed by atoms with E-state index in [0.717, 1.165) is 37.7 Å². The third-order valence-electron chi connectivity index (χ3n) is 6.58. The van der Waals surface area contributed by atoms with Crippen LogP contribution in [0.1, 0.15) is 39.3 Å². The molecule has 0 saturated carbocycles. The molecule has 8 heteroatoms. The lowest BCUT2D eigenvalue weighted by atomic mass is 9.92. The first-order valence-electron chi connectivity index (χ1n) is 10.3. The second kappa shape index (κ2) is 6.92. The number of rotatable bonds is 3. The zero-order chi connectivity index (χ0) is 20.2. The van der Waals surface area contributed by atoms with E-state index in [9.17, 15) is 13.5 Å². The molecule has 0 radical (unpaired) electrons. The zero-order valence-corrected chi connectivity index (χ0v) is 18.0. The van der Waals surface area contributed by atoms with Crippen molar-refractivity contribution in [2.24, 2.45) is 11.8 Å². The molecule has 0 spiro atoms. The lowest BCUT2D eigenvalue weighted by Gasteiger charge is -2.35. The van der Waals surface area contributed by atoms with Gasteiger partial charge in [-0.05, 0) is 24.7 Å². The first kappa shape index (κ1) is 20.0. The molecule has 0 aromatic carbocycles. The maximum Gasteiger partial charge on any atom is 0.150 e. The number of hydrogen-bond acceptors (Lipinski definition) is 7. The average molecular weight is 409 g/mol. The van der Waals surface area contributed by atoms with Gasteiger partial charge in [0.1, 0.15) is 12.1 Å². The van der Waals surface area contributed by atoms with Gasteiger partial charge in [-0.1, -0.05) is 20.8 Å². The van der Waals surface area contributed by atoms with Gasteiger partial charge in [-0.2, -0.15) is 0 Å². The van der Waals surface area contributed by atoms with Crippen molar-refractivity contribution in [3.63, 3.8) is 0 Å². The van der Waals surface area contributed by atoms with E-state index in [0.29, 0.717) is 31.2 Å². The summed E-state index contributed by atoms with van der Waals surface area (Å²) < 4.78 is 23.3. The third-order valence-corrected chi connectivity index (χ3v) is 8.23.